The first-order chi connectivity index (χ1) is 9.15. The van der Waals surface area contributed by atoms with Gasteiger partial charge in [-0.2, -0.15) is 0 Å². The average Bonchev–Trinajstić information content (AvgIpc) is 2.85. The van der Waals surface area contributed by atoms with Crippen LogP contribution in [0, 0.1) is 0 Å². The topological polar surface area (TPSA) is 29.5 Å². The summed E-state index contributed by atoms with van der Waals surface area (Å²) in [5.41, 5.74) is 0.745. The molecule has 1 aromatic carbocycles. The molecule has 0 aliphatic carbocycles. The van der Waals surface area contributed by atoms with Gasteiger partial charge in [-0.25, -0.2) is 0 Å². The van der Waals surface area contributed by atoms with Crippen molar-refractivity contribution in [3.63, 3.8) is 0 Å². The predicted molar refractivity (Wildman–Crippen MR) is 79.9 cm³/mol. The molecule has 3 nitrogen and oxygen atoms in total. The second-order valence-corrected chi connectivity index (χ2v) is 5.80. The molecule has 0 radical (unpaired) electrons. The summed E-state index contributed by atoms with van der Waals surface area (Å²) in [6, 6.07) is 6.09. The number of ketones is 1. The first-order valence-corrected chi connectivity index (χ1v) is 7.55. The van der Waals surface area contributed by atoms with E-state index < -0.39 is 0 Å². The lowest BCUT2D eigenvalue weighted by molar-refractivity contribution is 0.0920. The van der Waals surface area contributed by atoms with Gasteiger partial charge in [-0.1, -0.05) is 6.92 Å². The maximum atomic E-state index is 12.3. The third-order valence-electron chi connectivity index (χ3n) is 3.79. The second-order valence-electron chi connectivity index (χ2n) is 4.95. The fourth-order valence-corrected chi connectivity index (χ4v) is 3.22. The molecule has 19 heavy (non-hydrogen) atoms. The number of carbonyl (C=O) groups is 1. The Kier molecular flexibility index (Phi) is 4.99. The Morgan fingerprint density at radius 3 is 2.95 bits per heavy atom. The molecule has 0 N–H and O–H groups in total. The van der Waals surface area contributed by atoms with E-state index in [1.54, 1.807) is 7.11 Å². The molecule has 4 heteroatoms. The number of rotatable bonds is 5. The normalized spacial score (nSPS) is 19.6. The van der Waals surface area contributed by atoms with Gasteiger partial charge in [-0.15, -0.1) is 0 Å². The fourth-order valence-electron chi connectivity index (χ4n) is 2.68. The highest BCUT2D eigenvalue weighted by molar-refractivity contribution is 9.10. The van der Waals surface area contributed by atoms with E-state index in [9.17, 15) is 4.79 Å². The van der Waals surface area contributed by atoms with E-state index in [1.165, 1.54) is 12.8 Å². The number of halogens is 1. The molecule has 1 aromatic rings. The summed E-state index contributed by atoms with van der Waals surface area (Å²) in [6.07, 6.45) is 3.55. The van der Waals surface area contributed by atoms with Crippen LogP contribution in [-0.2, 0) is 0 Å². The third kappa shape index (κ3) is 3.37. The van der Waals surface area contributed by atoms with Crippen molar-refractivity contribution in [1.82, 2.24) is 4.90 Å². The summed E-state index contributed by atoms with van der Waals surface area (Å²) in [5, 5.41) is 0. The average molecular weight is 326 g/mol. The zero-order valence-electron chi connectivity index (χ0n) is 11.5. The largest absolute Gasteiger partial charge is 0.496 e. The van der Waals surface area contributed by atoms with Gasteiger partial charge in [0.05, 0.1) is 18.1 Å². The SMILES string of the molecule is CCC1CCCN1CC(=O)c1ccc(OC)c(Br)c1. The number of ether oxygens (including phenoxy) is 1. The molecule has 1 atom stereocenters. The van der Waals surface area contributed by atoms with Crippen LogP contribution < -0.4 is 4.74 Å². The van der Waals surface area contributed by atoms with E-state index >= 15 is 0 Å². The highest BCUT2D eigenvalue weighted by Gasteiger charge is 2.25. The van der Waals surface area contributed by atoms with Gasteiger partial charge in [0.1, 0.15) is 5.75 Å². The van der Waals surface area contributed by atoms with Crippen molar-refractivity contribution in [2.75, 3.05) is 20.2 Å². The van der Waals surface area contributed by atoms with Gasteiger partial charge in [-0.3, -0.25) is 9.69 Å². The Hall–Kier alpha value is -0.870. The van der Waals surface area contributed by atoms with Crippen molar-refractivity contribution in [2.24, 2.45) is 0 Å². The van der Waals surface area contributed by atoms with Gasteiger partial charge in [0.25, 0.3) is 0 Å². The van der Waals surface area contributed by atoms with Crippen LogP contribution in [-0.4, -0.2) is 36.9 Å². The number of hydrogen-bond donors (Lipinski definition) is 0. The second kappa shape index (κ2) is 6.53. The van der Waals surface area contributed by atoms with Crippen LogP contribution in [0.25, 0.3) is 0 Å². The lowest BCUT2D eigenvalue weighted by Crippen LogP contribution is -2.33. The van der Waals surface area contributed by atoms with Crippen LogP contribution in [0.2, 0.25) is 0 Å². The van der Waals surface area contributed by atoms with Gasteiger partial charge < -0.3 is 4.74 Å². The Balaban J connectivity index is 2.05. The minimum Gasteiger partial charge on any atom is -0.496 e. The maximum absolute atomic E-state index is 12.3. The van der Waals surface area contributed by atoms with Gasteiger partial charge >= 0.3 is 0 Å². The third-order valence-corrected chi connectivity index (χ3v) is 4.41. The Bertz CT molecular complexity index is 461. The number of benzene rings is 1. The van der Waals surface area contributed by atoms with Crippen molar-refractivity contribution in [1.29, 1.82) is 0 Å². The Morgan fingerprint density at radius 2 is 2.32 bits per heavy atom. The number of Topliss-reactive ketones (excluding diaryl/α,β-unsaturated/α-hetero) is 1. The first kappa shape index (κ1) is 14.5. The molecule has 1 aliphatic heterocycles. The first-order valence-electron chi connectivity index (χ1n) is 6.76. The molecular weight excluding hydrogens is 306 g/mol. The summed E-state index contributed by atoms with van der Waals surface area (Å²) in [6.45, 7) is 3.76. The molecule has 104 valence electrons. The molecule has 2 rings (SSSR count). The lowest BCUT2D eigenvalue weighted by atomic mass is 10.1. The predicted octanol–water partition coefficient (Wildman–Crippen LogP) is 3.51. The minimum atomic E-state index is 0.184. The van der Waals surface area contributed by atoms with E-state index in [-0.39, 0.29) is 5.78 Å². The zero-order chi connectivity index (χ0) is 13.8. The molecule has 1 unspecified atom stereocenters. The van der Waals surface area contributed by atoms with Crippen LogP contribution in [0.15, 0.2) is 22.7 Å². The Labute approximate surface area is 123 Å². The smallest absolute Gasteiger partial charge is 0.176 e. The number of carbonyl (C=O) groups excluding carboxylic acids is 1. The molecule has 0 saturated carbocycles. The van der Waals surface area contributed by atoms with Crippen molar-refractivity contribution in [2.45, 2.75) is 32.2 Å². The maximum Gasteiger partial charge on any atom is 0.176 e. The number of methoxy groups -OCH3 is 1. The summed E-state index contributed by atoms with van der Waals surface area (Å²) in [4.78, 5) is 14.6. The van der Waals surface area contributed by atoms with E-state index in [1.807, 2.05) is 18.2 Å². The van der Waals surface area contributed by atoms with E-state index in [0.717, 1.165) is 28.8 Å². The molecule has 0 spiro atoms. The van der Waals surface area contributed by atoms with Crippen molar-refractivity contribution in [3.05, 3.63) is 28.2 Å². The molecule has 0 aromatic heterocycles. The summed E-state index contributed by atoms with van der Waals surface area (Å²) >= 11 is 3.42. The van der Waals surface area contributed by atoms with Crippen LogP contribution >= 0.6 is 15.9 Å². The van der Waals surface area contributed by atoms with Gasteiger partial charge in [-0.05, 0) is 59.9 Å². The molecule has 1 saturated heterocycles. The number of likely N-dealkylation sites (tertiary alicyclic amines) is 1. The van der Waals surface area contributed by atoms with E-state index in [2.05, 4.69) is 27.8 Å². The van der Waals surface area contributed by atoms with E-state index in [0.29, 0.717) is 12.6 Å². The highest BCUT2D eigenvalue weighted by atomic mass is 79.9. The lowest BCUT2D eigenvalue weighted by Gasteiger charge is -2.22. The molecule has 0 amide bonds. The summed E-state index contributed by atoms with van der Waals surface area (Å²) in [5.74, 6) is 0.938. The van der Waals surface area contributed by atoms with Crippen LogP contribution in [0.5, 0.6) is 5.75 Å². The Morgan fingerprint density at radius 1 is 1.53 bits per heavy atom. The number of hydrogen-bond acceptors (Lipinski definition) is 3. The molecule has 1 heterocycles. The minimum absolute atomic E-state index is 0.184. The van der Waals surface area contributed by atoms with Crippen LogP contribution in [0.4, 0.5) is 0 Å². The quantitative estimate of drug-likeness (QED) is 0.776. The van der Waals surface area contributed by atoms with Crippen molar-refractivity contribution in [3.8, 4) is 5.75 Å². The molecule has 0 bridgehead atoms. The van der Waals surface area contributed by atoms with Crippen LogP contribution in [0.1, 0.15) is 36.5 Å². The molecule has 1 fully saturated rings. The molecule has 1 aliphatic rings. The zero-order valence-corrected chi connectivity index (χ0v) is 13.1. The van der Waals surface area contributed by atoms with Gasteiger partial charge in [0.15, 0.2) is 5.78 Å². The van der Waals surface area contributed by atoms with Crippen LogP contribution in [0.3, 0.4) is 0 Å². The van der Waals surface area contributed by atoms with Crippen molar-refractivity contribution >= 4 is 21.7 Å². The molecular formula is C15H20BrNO2. The van der Waals surface area contributed by atoms with E-state index in [4.69, 9.17) is 4.74 Å². The highest BCUT2D eigenvalue weighted by Crippen LogP contribution is 2.26. The fraction of sp³-hybridized carbons (Fsp3) is 0.533. The summed E-state index contributed by atoms with van der Waals surface area (Å²) in [7, 11) is 1.62. The standard InChI is InChI=1S/C15H20BrNO2/c1-3-12-5-4-8-17(12)10-14(18)11-6-7-15(19-2)13(16)9-11/h6-7,9,12H,3-5,8,10H2,1-2H3. The van der Waals surface area contributed by atoms with Gasteiger partial charge in [0, 0.05) is 11.6 Å². The number of nitrogens with zero attached hydrogens (tertiary/aromatic N) is 1. The monoisotopic (exact) mass is 325 g/mol. The summed E-state index contributed by atoms with van der Waals surface area (Å²) < 4.78 is 6.01. The van der Waals surface area contributed by atoms with Crippen molar-refractivity contribution < 1.29 is 9.53 Å². The van der Waals surface area contributed by atoms with Gasteiger partial charge in [0.2, 0.25) is 0 Å².